The maximum atomic E-state index is 13.4. The zero-order valence-electron chi connectivity index (χ0n) is 8.06. The lowest BCUT2D eigenvalue weighted by Gasteiger charge is -2.11. The van der Waals surface area contributed by atoms with Gasteiger partial charge in [0.2, 0.25) is 0 Å². The average Bonchev–Trinajstić information content (AvgIpc) is 2.71. The highest BCUT2D eigenvalue weighted by molar-refractivity contribution is 7.09. The normalized spacial score (nSPS) is 12.7. The van der Waals surface area contributed by atoms with Gasteiger partial charge in [-0.25, -0.2) is 4.39 Å². The van der Waals surface area contributed by atoms with E-state index < -0.39 is 0 Å². The van der Waals surface area contributed by atoms with Crippen molar-refractivity contribution in [1.82, 2.24) is 4.98 Å². The van der Waals surface area contributed by atoms with Crippen molar-refractivity contribution in [2.24, 2.45) is 5.73 Å². The fraction of sp³-hybridized carbons (Fsp3) is 0.182. The number of nitrogens with zero attached hydrogens (tertiary/aromatic N) is 1. The highest BCUT2D eigenvalue weighted by Crippen LogP contribution is 2.20. The Bertz CT molecular complexity index is 428. The van der Waals surface area contributed by atoms with E-state index in [1.54, 1.807) is 29.9 Å². The van der Waals surface area contributed by atoms with Crippen LogP contribution in [0, 0.1) is 5.82 Å². The highest BCUT2D eigenvalue weighted by Gasteiger charge is 2.11. The molecule has 2 N–H and O–H groups in total. The van der Waals surface area contributed by atoms with Gasteiger partial charge in [-0.2, -0.15) is 0 Å². The molecule has 2 aromatic rings. The first-order valence-electron chi connectivity index (χ1n) is 4.65. The molecule has 4 heteroatoms. The summed E-state index contributed by atoms with van der Waals surface area (Å²) in [6.45, 7) is 0. The molecule has 15 heavy (non-hydrogen) atoms. The first kappa shape index (κ1) is 10.3. The number of hydrogen-bond donors (Lipinski definition) is 1. The van der Waals surface area contributed by atoms with E-state index in [1.165, 1.54) is 17.4 Å². The van der Waals surface area contributed by atoms with Gasteiger partial charge in [0.1, 0.15) is 5.82 Å². The summed E-state index contributed by atoms with van der Waals surface area (Å²) in [5, 5.41) is 0. The first-order chi connectivity index (χ1) is 7.27. The maximum Gasteiger partial charge on any atom is 0.127 e. The highest BCUT2D eigenvalue weighted by atomic mass is 32.1. The molecule has 2 rings (SSSR count). The molecular formula is C11H11FN2S. The van der Waals surface area contributed by atoms with Crippen LogP contribution in [0.15, 0.2) is 36.0 Å². The quantitative estimate of drug-likeness (QED) is 0.866. The molecule has 0 saturated heterocycles. The molecule has 0 aliphatic heterocycles. The van der Waals surface area contributed by atoms with Gasteiger partial charge in [0.15, 0.2) is 0 Å². The van der Waals surface area contributed by atoms with E-state index in [4.69, 9.17) is 5.73 Å². The van der Waals surface area contributed by atoms with Crippen LogP contribution in [-0.4, -0.2) is 4.98 Å². The second-order valence-corrected chi connectivity index (χ2v) is 4.27. The predicted octanol–water partition coefficient (Wildman–Crippen LogP) is 2.52. The average molecular weight is 222 g/mol. The monoisotopic (exact) mass is 222 g/mol. The topological polar surface area (TPSA) is 38.9 Å². The summed E-state index contributed by atoms with van der Waals surface area (Å²) in [4.78, 5) is 5.04. The van der Waals surface area contributed by atoms with Crippen molar-refractivity contribution in [3.05, 3.63) is 52.2 Å². The third-order valence-electron chi connectivity index (χ3n) is 2.21. The van der Waals surface area contributed by atoms with Crippen LogP contribution in [0.25, 0.3) is 0 Å². The largest absolute Gasteiger partial charge is 0.324 e. The second-order valence-electron chi connectivity index (χ2n) is 3.30. The third-order valence-corrected chi connectivity index (χ3v) is 3.01. The SMILES string of the molecule is NC(Cc1cncs1)c1ccccc1F. The summed E-state index contributed by atoms with van der Waals surface area (Å²) in [6, 6.07) is 6.32. The molecule has 0 aliphatic rings. The van der Waals surface area contributed by atoms with E-state index in [-0.39, 0.29) is 11.9 Å². The molecule has 1 aromatic heterocycles. The van der Waals surface area contributed by atoms with Crippen molar-refractivity contribution >= 4 is 11.3 Å². The van der Waals surface area contributed by atoms with E-state index in [2.05, 4.69) is 4.98 Å². The molecule has 0 aliphatic carbocycles. The molecule has 1 aromatic carbocycles. The Balaban J connectivity index is 2.15. The van der Waals surface area contributed by atoms with E-state index in [1.807, 2.05) is 0 Å². The van der Waals surface area contributed by atoms with Crippen LogP contribution in [0.3, 0.4) is 0 Å². The lowest BCUT2D eigenvalue weighted by molar-refractivity contribution is 0.581. The molecule has 1 heterocycles. The Morgan fingerprint density at radius 1 is 1.40 bits per heavy atom. The summed E-state index contributed by atoms with van der Waals surface area (Å²) < 4.78 is 13.4. The minimum Gasteiger partial charge on any atom is -0.324 e. The van der Waals surface area contributed by atoms with Crippen molar-refractivity contribution in [2.45, 2.75) is 12.5 Å². The fourth-order valence-corrected chi connectivity index (χ4v) is 2.10. The van der Waals surface area contributed by atoms with E-state index in [9.17, 15) is 4.39 Å². The predicted molar refractivity (Wildman–Crippen MR) is 59.1 cm³/mol. The van der Waals surface area contributed by atoms with E-state index >= 15 is 0 Å². The molecule has 0 saturated carbocycles. The molecule has 0 spiro atoms. The van der Waals surface area contributed by atoms with Crippen molar-refractivity contribution in [2.75, 3.05) is 0 Å². The molecule has 0 bridgehead atoms. The van der Waals surface area contributed by atoms with Crippen LogP contribution in [-0.2, 0) is 6.42 Å². The van der Waals surface area contributed by atoms with Crippen LogP contribution in [0.4, 0.5) is 4.39 Å². The van der Waals surface area contributed by atoms with E-state index in [0.29, 0.717) is 12.0 Å². The van der Waals surface area contributed by atoms with Crippen LogP contribution in [0.1, 0.15) is 16.5 Å². The molecule has 0 radical (unpaired) electrons. The molecule has 0 fully saturated rings. The van der Waals surface area contributed by atoms with Crippen LogP contribution in [0.2, 0.25) is 0 Å². The number of aromatic nitrogens is 1. The van der Waals surface area contributed by atoms with Crippen molar-refractivity contribution in [3.8, 4) is 0 Å². The summed E-state index contributed by atoms with van der Waals surface area (Å²) in [6.07, 6.45) is 2.40. The third kappa shape index (κ3) is 2.40. The molecule has 1 atom stereocenters. The Morgan fingerprint density at radius 2 is 2.20 bits per heavy atom. The lowest BCUT2D eigenvalue weighted by Crippen LogP contribution is -2.14. The standard InChI is InChI=1S/C11H11FN2S/c12-10-4-2-1-3-9(10)11(13)5-8-6-14-7-15-8/h1-4,6-7,11H,5,13H2. The summed E-state index contributed by atoms with van der Waals surface area (Å²) in [5.41, 5.74) is 8.24. The van der Waals surface area contributed by atoms with Crippen LogP contribution in [0.5, 0.6) is 0 Å². The van der Waals surface area contributed by atoms with Crippen molar-refractivity contribution in [3.63, 3.8) is 0 Å². The Morgan fingerprint density at radius 3 is 2.87 bits per heavy atom. The summed E-state index contributed by atoms with van der Waals surface area (Å²) in [5.74, 6) is -0.241. The Labute approximate surface area is 91.6 Å². The molecule has 1 unspecified atom stereocenters. The number of thiazole rings is 1. The van der Waals surface area contributed by atoms with Crippen molar-refractivity contribution < 1.29 is 4.39 Å². The Hall–Kier alpha value is -1.26. The van der Waals surface area contributed by atoms with Gasteiger partial charge >= 0.3 is 0 Å². The number of nitrogens with two attached hydrogens (primary N) is 1. The van der Waals surface area contributed by atoms with Gasteiger partial charge in [-0.1, -0.05) is 18.2 Å². The van der Waals surface area contributed by atoms with Crippen molar-refractivity contribution in [1.29, 1.82) is 0 Å². The second kappa shape index (κ2) is 4.51. The van der Waals surface area contributed by atoms with Gasteiger partial charge < -0.3 is 5.73 Å². The van der Waals surface area contributed by atoms with Gasteiger partial charge in [-0.15, -0.1) is 11.3 Å². The van der Waals surface area contributed by atoms with Gasteiger partial charge in [0.25, 0.3) is 0 Å². The van der Waals surface area contributed by atoms with Gasteiger partial charge in [-0.3, -0.25) is 4.98 Å². The molecule has 2 nitrogen and oxygen atoms in total. The van der Waals surface area contributed by atoms with Crippen LogP contribution >= 0.6 is 11.3 Å². The van der Waals surface area contributed by atoms with Gasteiger partial charge in [-0.05, 0) is 6.07 Å². The minimum absolute atomic E-state index is 0.241. The molecular weight excluding hydrogens is 211 g/mol. The smallest absolute Gasteiger partial charge is 0.127 e. The summed E-state index contributed by atoms with van der Waals surface area (Å²) in [7, 11) is 0. The zero-order valence-corrected chi connectivity index (χ0v) is 8.88. The number of halogens is 1. The first-order valence-corrected chi connectivity index (χ1v) is 5.52. The number of benzene rings is 1. The van der Waals surface area contributed by atoms with Gasteiger partial charge in [0, 0.05) is 29.1 Å². The number of rotatable bonds is 3. The Kier molecular flexibility index (Phi) is 3.08. The maximum absolute atomic E-state index is 13.4. The lowest BCUT2D eigenvalue weighted by atomic mass is 10.0. The summed E-state index contributed by atoms with van der Waals surface area (Å²) >= 11 is 1.54. The molecule has 78 valence electrons. The minimum atomic E-state index is -0.299. The molecule has 0 amide bonds. The van der Waals surface area contributed by atoms with Crippen LogP contribution < -0.4 is 5.73 Å². The zero-order chi connectivity index (χ0) is 10.7. The van der Waals surface area contributed by atoms with E-state index in [0.717, 1.165) is 4.88 Å². The fourth-order valence-electron chi connectivity index (χ4n) is 1.45. The number of hydrogen-bond acceptors (Lipinski definition) is 3. The van der Waals surface area contributed by atoms with Gasteiger partial charge in [0.05, 0.1) is 5.51 Å².